The molecule has 0 unspecified atom stereocenters. The zero-order chi connectivity index (χ0) is 16.8. The van der Waals surface area contributed by atoms with Crippen LogP contribution in [0.1, 0.15) is 30.7 Å². The summed E-state index contributed by atoms with van der Waals surface area (Å²) in [6.07, 6.45) is 2.47. The molecule has 1 aliphatic heterocycles. The van der Waals surface area contributed by atoms with Gasteiger partial charge in [-0.1, -0.05) is 24.3 Å². The van der Waals surface area contributed by atoms with E-state index in [1.165, 1.54) is 17.7 Å². The lowest BCUT2D eigenvalue weighted by Crippen LogP contribution is -2.45. The van der Waals surface area contributed by atoms with Crippen LogP contribution in [0.25, 0.3) is 0 Å². The normalized spacial score (nSPS) is 17.4. The van der Waals surface area contributed by atoms with E-state index in [0.29, 0.717) is 0 Å². The van der Waals surface area contributed by atoms with Gasteiger partial charge in [0.05, 0.1) is 6.04 Å². The summed E-state index contributed by atoms with van der Waals surface area (Å²) < 4.78 is 5.54. The number of hydrogen-bond acceptors (Lipinski definition) is 4. The molecular formula is C19H24N2O2S. The Bertz CT molecular complexity index is 624. The maximum absolute atomic E-state index is 12.3. The zero-order valence-corrected chi connectivity index (χ0v) is 14.8. The summed E-state index contributed by atoms with van der Waals surface area (Å²) in [5.41, 5.74) is 0. The van der Waals surface area contributed by atoms with Crippen LogP contribution in [0.4, 0.5) is 0 Å². The van der Waals surface area contributed by atoms with Gasteiger partial charge in [-0.3, -0.25) is 9.69 Å². The third-order valence-corrected chi connectivity index (χ3v) is 5.29. The van der Waals surface area contributed by atoms with Gasteiger partial charge in [-0.2, -0.15) is 0 Å². The standard InChI is InChI=1S/C19H24N2O2S/c1-15(20-18(22)14-23-16-8-3-2-4-9-16)19(17-10-7-13-24-17)21-11-5-6-12-21/h2-4,7-10,13,15,19H,5-6,11-12,14H2,1H3,(H,20,22)/t15-,19+/m0/s1. The smallest absolute Gasteiger partial charge is 0.258 e. The summed E-state index contributed by atoms with van der Waals surface area (Å²) in [6.45, 7) is 4.33. The van der Waals surface area contributed by atoms with Crippen molar-refractivity contribution in [2.45, 2.75) is 31.8 Å². The highest BCUT2D eigenvalue weighted by molar-refractivity contribution is 7.10. The molecule has 2 atom stereocenters. The molecule has 1 aromatic carbocycles. The van der Waals surface area contributed by atoms with Gasteiger partial charge in [0.1, 0.15) is 5.75 Å². The van der Waals surface area contributed by atoms with E-state index < -0.39 is 0 Å². The number of likely N-dealkylation sites (tertiary alicyclic amines) is 1. The summed E-state index contributed by atoms with van der Waals surface area (Å²) in [7, 11) is 0. The lowest BCUT2D eigenvalue weighted by molar-refractivity contribution is -0.124. The first-order valence-electron chi connectivity index (χ1n) is 8.49. The number of thiophene rings is 1. The number of carbonyl (C=O) groups excluding carboxylic acids is 1. The van der Waals surface area contributed by atoms with Crippen LogP contribution in [0.5, 0.6) is 5.75 Å². The Morgan fingerprint density at radius 1 is 1.21 bits per heavy atom. The summed E-state index contributed by atoms with van der Waals surface area (Å²) in [5.74, 6) is 0.641. The molecule has 4 nitrogen and oxygen atoms in total. The van der Waals surface area contributed by atoms with Crippen LogP contribution in [0.15, 0.2) is 47.8 Å². The maximum atomic E-state index is 12.3. The third-order valence-electron chi connectivity index (χ3n) is 4.34. The zero-order valence-electron chi connectivity index (χ0n) is 14.0. The number of ether oxygens (including phenoxy) is 1. The maximum Gasteiger partial charge on any atom is 0.258 e. The number of hydrogen-bond donors (Lipinski definition) is 1. The molecule has 1 fully saturated rings. The molecule has 1 amide bonds. The molecule has 2 aromatic rings. The molecule has 1 N–H and O–H groups in total. The van der Waals surface area contributed by atoms with Gasteiger partial charge in [0, 0.05) is 10.9 Å². The molecule has 0 radical (unpaired) electrons. The number of rotatable bonds is 7. The van der Waals surface area contributed by atoms with Gasteiger partial charge >= 0.3 is 0 Å². The van der Waals surface area contributed by atoms with Crippen LogP contribution < -0.4 is 10.1 Å². The SMILES string of the molecule is C[C@H](NC(=O)COc1ccccc1)[C@H](c1cccs1)N1CCCC1. The van der Waals surface area contributed by atoms with Crippen LogP contribution in [0.3, 0.4) is 0 Å². The lowest BCUT2D eigenvalue weighted by atomic mass is 10.1. The van der Waals surface area contributed by atoms with E-state index in [4.69, 9.17) is 4.74 Å². The second-order valence-electron chi connectivity index (χ2n) is 6.16. The van der Waals surface area contributed by atoms with Gasteiger partial charge in [0.2, 0.25) is 0 Å². The summed E-state index contributed by atoms with van der Waals surface area (Å²) in [6, 6.07) is 14.0. The van der Waals surface area contributed by atoms with Crippen molar-refractivity contribution in [3.63, 3.8) is 0 Å². The molecule has 0 bridgehead atoms. The predicted molar refractivity (Wildman–Crippen MR) is 97.4 cm³/mol. The van der Waals surface area contributed by atoms with Crippen LogP contribution >= 0.6 is 11.3 Å². The molecule has 3 rings (SSSR count). The first-order valence-corrected chi connectivity index (χ1v) is 9.36. The second-order valence-corrected chi connectivity index (χ2v) is 7.14. The summed E-state index contributed by atoms with van der Waals surface area (Å²) >= 11 is 1.76. The molecule has 1 saturated heterocycles. The molecule has 5 heteroatoms. The molecule has 1 aromatic heterocycles. The highest BCUT2D eigenvalue weighted by Gasteiger charge is 2.29. The molecule has 0 aliphatic carbocycles. The number of nitrogens with zero attached hydrogens (tertiary/aromatic N) is 1. The van der Waals surface area contributed by atoms with Crippen molar-refractivity contribution in [3.05, 3.63) is 52.7 Å². The fourth-order valence-corrected chi connectivity index (χ4v) is 4.23. The first kappa shape index (κ1) is 17.0. The molecule has 2 heterocycles. The summed E-state index contributed by atoms with van der Waals surface area (Å²) in [5, 5.41) is 5.22. The topological polar surface area (TPSA) is 41.6 Å². The van der Waals surface area contributed by atoms with Crippen molar-refractivity contribution in [3.8, 4) is 5.75 Å². The van der Waals surface area contributed by atoms with Crippen molar-refractivity contribution < 1.29 is 9.53 Å². The molecule has 128 valence electrons. The highest BCUT2D eigenvalue weighted by atomic mass is 32.1. The molecule has 0 spiro atoms. The predicted octanol–water partition coefficient (Wildman–Crippen LogP) is 3.47. The van der Waals surface area contributed by atoms with Gasteiger partial charge in [0.25, 0.3) is 5.91 Å². The second kappa shape index (κ2) is 8.31. The first-order chi connectivity index (χ1) is 11.7. The third kappa shape index (κ3) is 4.36. The van der Waals surface area contributed by atoms with E-state index in [2.05, 4.69) is 34.7 Å². The van der Waals surface area contributed by atoms with Crippen molar-refractivity contribution in [2.75, 3.05) is 19.7 Å². The number of carbonyl (C=O) groups is 1. The van der Waals surface area contributed by atoms with Gasteiger partial charge in [-0.25, -0.2) is 0 Å². The van der Waals surface area contributed by atoms with E-state index in [1.54, 1.807) is 11.3 Å². The molecule has 24 heavy (non-hydrogen) atoms. The van der Waals surface area contributed by atoms with E-state index >= 15 is 0 Å². The van der Waals surface area contributed by atoms with Crippen molar-refractivity contribution in [2.24, 2.45) is 0 Å². The van der Waals surface area contributed by atoms with Gasteiger partial charge in [-0.05, 0) is 56.4 Å². The number of nitrogens with one attached hydrogen (secondary N) is 1. The minimum absolute atomic E-state index is 0.0471. The Morgan fingerprint density at radius 3 is 2.62 bits per heavy atom. The lowest BCUT2D eigenvalue weighted by Gasteiger charge is -2.32. The molecule has 1 aliphatic rings. The number of amides is 1. The number of para-hydroxylation sites is 1. The monoisotopic (exact) mass is 344 g/mol. The molecular weight excluding hydrogens is 320 g/mol. The quantitative estimate of drug-likeness (QED) is 0.836. The van der Waals surface area contributed by atoms with Crippen LogP contribution in [0, 0.1) is 0 Å². The Kier molecular flexibility index (Phi) is 5.88. The van der Waals surface area contributed by atoms with Gasteiger partial charge in [-0.15, -0.1) is 11.3 Å². The van der Waals surface area contributed by atoms with Crippen molar-refractivity contribution >= 4 is 17.2 Å². The van der Waals surface area contributed by atoms with E-state index in [9.17, 15) is 4.79 Å². The Labute approximate surface area is 147 Å². The molecule has 0 saturated carbocycles. The summed E-state index contributed by atoms with van der Waals surface area (Å²) in [4.78, 5) is 16.1. The number of benzene rings is 1. The minimum atomic E-state index is -0.0768. The highest BCUT2D eigenvalue weighted by Crippen LogP contribution is 2.31. The Morgan fingerprint density at radius 2 is 1.96 bits per heavy atom. The minimum Gasteiger partial charge on any atom is -0.484 e. The van der Waals surface area contributed by atoms with E-state index in [1.807, 2.05) is 30.3 Å². The Balaban J connectivity index is 1.58. The largest absolute Gasteiger partial charge is 0.484 e. The van der Waals surface area contributed by atoms with Crippen molar-refractivity contribution in [1.29, 1.82) is 0 Å². The van der Waals surface area contributed by atoms with E-state index in [0.717, 1.165) is 18.8 Å². The van der Waals surface area contributed by atoms with Crippen LogP contribution in [-0.2, 0) is 4.79 Å². The van der Waals surface area contributed by atoms with Crippen molar-refractivity contribution in [1.82, 2.24) is 10.2 Å². The van der Waals surface area contributed by atoms with Gasteiger partial charge in [0.15, 0.2) is 6.61 Å². The van der Waals surface area contributed by atoms with Gasteiger partial charge < -0.3 is 10.1 Å². The fraction of sp³-hybridized carbons (Fsp3) is 0.421. The van der Waals surface area contributed by atoms with Crippen LogP contribution in [-0.4, -0.2) is 36.5 Å². The average Bonchev–Trinajstić information content (AvgIpc) is 3.29. The van der Waals surface area contributed by atoms with E-state index in [-0.39, 0.29) is 24.6 Å². The Hall–Kier alpha value is -1.85. The fourth-order valence-electron chi connectivity index (χ4n) is 3.26. The average molecular weight is 344 g/mol. The van der Waals surface area contributed by atoms with Crippen LogP contribution in [0.2, 0.25) is 0 Å².